The lowest BCUT2D eigenvalue weighted by atomic mass is 10.1. The molecule has 1 N–H and O–H groups in total. The molecule has 0 spiro atoms. The fourth-order valence-corrected chi connectivity index (χ4v) is 2.28. The van der Waals surface area contributed by atoms with Crippen LogP contribution in [0, 0.1) is 0 Å². The molecule has 0 bridgehead atoms. The van der Waals surface area contributed by atoms with E-state index in [0.717, 1.165) is 44.9 Å². The summed E-state index contributed by atoms with van der Waals surface area (Å²) in [5.41, 5.74) is 0. The van der Waals surface area contributed by atoms with Crippen LogP contribution in [-0.2, 0) is 14.3 Å². The van der Waals surface area contributed by atoms with Crippen LogP contribution in [0.1, 0.15) is 71.6 Å². The van der Waals surface area contributed by atoms with E-state index in [1.165, 1.54) is 6.92 Å². The Morgan fingerprint density at radius 1 is 0.962 bits per heavy atom. The number of carboxylic acids is 1. The van der Waals surface area contributed by atoms with Crippen molar-refractivity contribution in [3.05, 3.63) is 48.6 Å². The van der Waals surface area contributed by atoms with Gasteiger partial charge in [0.25, 0.3) is 0 Å². The van der Waals surface area contributed by atoms with E-state index in [1.54, 1.807) is 0 Å². The highest BCUT2D eigenvalue weighted by atomic mass is 16.5. The monoisotopic (exact) mass is 362 g/mol. The molecule has 1 atom stereocenters. The molecule has 0 unspecified atom stereocenters. The van der Waals surface area contributed by atoms with Crippen molar-refractivity contribution in [2.75, 3.05) is 0 Å². The van der Waals surface area contributed by atoms with Gasteiger partial charge < -0.3 is 9.84 Å². The number of ether oxygens (including phenoxy) is 1. The first-order valence-electron chi connectivity index (χ1n) is 9.58. The van der Waals surface area contributed by atoms with Crippen molar-refractivity contribution >= 4 is 11.9 Å². The van der Waals surface area contributed by atoms with Gasteiger partial charge in [-0.3, -0.25) is 9.59 Å². The number of hydrogen-bond acceptors (Lipinski definition) is 3. The summed E-state index contributed by atoms with van der Waals surface area (Å²) in [6, 6.07) is 0. The van der Waals surface area contributed by atoms with E-state index in [4.69, 9.17) is 9.84 Å². The molecule has 0 heterocycles. The highest BCUT2D eigenvalue weighted by Gasteiger charge is 2.06. The predicted molar refractivity (Wildman–Crippen MR) is 107 cm³/mol. The predicted octanol–water partition coefficient (Wildman–Crippen LogP) is 5.76. The zero-order chi connectivity index (χ0) is 19.5. The topological polar surface area (TPSA) is 63.6 Å². The van der Waals surface area contributed by atoms with Gasteiger partial charge in [0.05, 0.1) is 0 Å². The van der Waals surface area contributed by atoms with Crippen LogP contribution < -0.4 is 0 Å². The van der Waals surface area contributed by atoms with Crippen molar-refractivity contribution in [3.63, 3.8) is 0 Å². The maximum absolute atomic E-state index is 11.1. The lowest BCUT2D eigenvalue weighted by Gasteiger charge is -2.12. The van der Waals surface area contributed by atoms with E-state index in [9.17, 15) is 9.59 Å². The van der Waals surface area contributed by atoms with Gasteiger partial charge in [-0.15, -0.1) is 0 Å². The van der Waals surface area contributed by atoms with Crippen LogP contribution in [0.15, 0.2) is 48.6 Å². The summed E-state index contributed by atoms with van der Waals surface area (Å²) >= 11 is 0. The van der Waals surface area contributed by atoms with Crippen molar-refractivity contribution < 1.29 is 19.4 Å². The molecule has 0 aromatic carbocycles. The second kappa shape index (κ2) is 17.7. The average molecular weight is 363 g/mol. The number of hydrogen-bond donors (Lipinski definition) is 1. The summed E-state index contributed by atoms with van der Waals surface area (Å²) in [4.78, 5) is 21.5. The normalized spacial score (nSPS) is 13.3. The standard InChI is InChI=1S/C22H34O4/c1-3-4-14-17-21(26-20(2)23)18-15-12-10-8-6-5-7-9-11-13-16-19-22(24)25/h5-6,9-12,15,18,21H,3-4,7-8,13-14,16-17,19H2,1-2H3,(H,24,25)/b6-5-,11-9-,12-10-,18-15+/t21-/m0/s1. The molecule has 0 saturated carbocycles. The van der Waals surface area contributed by atoms with Gasteiger partial charge in [0.1, 0.15) is 6.10 Å². The third-order valence-electron chi connectivity index (χ3n) is 3.62. The number of carbonyl (C=O) groups is 2. The Kier molecular flexibility index (Phi) is 16.3. The molecule has 4 nitrogen and oxygen atoms in total. The van der Waals surface area contributed by atoms with Crippen LogP contribution in [0.4, 0.5) is 0 Å². The lowest BCUT2D eigenvalue weighted by Crippen LogP contribution is -2.13. The smallest absolute Gasteiger partial charge is 0.303 e. The SMILES string of the molecule is CCCCC[C@@H](/C=C/C=C\C/C=C\C/C=C\CCCC(=O)O)OC(C)=O. The molecule has 0 rings (SSSR count). The van der Waals surface area contributed by atoms with E-state index in [0.29, 0.717) is 6.42 Å². The summed E-state index contributed by atoms with van der Waals surface area (Å²) in [7, 11) is 0. The van der Waals surface area contributed by atoms with E-state index in [2.05, 4.69) is 31.2 Å². The first-order valence-corrected chi connectivity index (χ1v) is 9.58. The molecule has 26 heavy (non-hydrogen) atoms. The Morgan fingerprint density at radius 2 is 1.65 bits per heavy atom. The molecule has 0 aliphatic heterocycles. The van der Waals surface area contributed by atoms with Crippen molar-refractivity contribution in [2.24, 2.45) is 0 Å². The number of unbranched alkanes of at least 4 members (excludes halogenated alkanes) is 3. The first-order chi connectivity index (χ1) is 12.6. The lowest BCUT2D eigenvalue weighted by molar-refractivity contribution is -0.144. The summed E-state index contributed by atoms with van der Waals surface area (Å²) in [5.74, 6) is -0.974. The van der Waals surface area contributed by atoms with Crippen LogP contribution >= 0.6 is 0 Å². The Balaban J connectivity index is 3.92. The van der Waals surface area contributed by atoms with Crippen LogP contribution in [0.5, 0.6) is 0 Å². The number of carboxylic acid groups (broad SMARTS) is 1. The summed E-state index contributed by atoms with van der Waals surface area (Å²) in [5, 5.41) is 8.52. The zero-order valence-electron chi connectivity index (χ0n) is 16.2. The van der Waals surface area contributed by atoms with E-state index in [-0.39, 0.29) is 18.5 Å². The Hall–Kier alpha value is -2.10. The van der Waals surface area contributed by atoms with Gasteiger partial charge in [0.15, 0.2) is 0 Å². The number of carbonyl (C=O) groups excluding carboxylic acids is 1. The van der Waals surface area contributed by atoms with Crippen LogP contribution in [0.25, 0.3) is 0 Å². The van der Waals surface area contributed by atoms with Crippen molar-refractivity contribution in [3.8, 4) is 0 Å². The summed E-state index contributed by atoms with van der Waals surface area (Å²) in [6.07, 6.45) is 23.7. The maximum atomic E-state index is 11.1. The average Bonchev–Trinajstić information content (AvgIpc) is 2.58. The Labute approximate surface area is 158 Å². The highest BCUT2D eigenvalue weighted by Crippen LogP contribution is 2.09. The van der Waals surface area contributed by atoms with Gasteiger partial charge in [-0.25, -0.2) is 0 Å². The fraction of sp³-hybridized carbons (Fsp3) is 0.545. The fourth-order valence-electron chi connectivity index (χ4n) is 2.28. The second-order valence-corrected chi connectivity index (χ2v) is 6.16. The zero-order valence-corrected chi connectivity index (χ0v) is 16.2. The van der Waals surface area contributed by atoms with Crippen LogP contribution in [0.2, 0.25) is 0 Å². The van der Waals surface area contributed by atoms with Gasteiger partial charge in [0.2, 0.25) is 0 Å². The van der Waals surface area contributed by atoms with Crippen molar-refractivity contribution in [2.45, 2.75) is 77.7 Å². The maximum Gasteiger partial charge on any atom is 0.303 e. The Morgan fingerprint density at radius 3 is 2.31 bits per heavy atom. The second-order valence-electron chi connectivity index (χ2n) is 6.16. The number of aliphatic carboxylic acids is 1. The molecule has 0 saturated heterocycles. The number of rotatable bonds is 15. The molecule has 4 heteroatoms. The summed E-state index contributed by atoms with van der Waals surface area (Å²) < 4.78 is 5.30. The van der Waals surface area contributed by atoms with Crippen molar-refractivity contribution in [1.82, 2.24) is 0 Å². The molecule has 0 aliphatic rings. The minimum Gasteiger partial charge on any atom is -0.481 e. The molecule has 146 valence electrons. The van der Waals surface area contributed by atoms with Gasteiger partial charge >= 0.3 is 11.9 Å². The largest absolute Gasteiger partial charge is 0.481 e. The van der Waals surface area contributed by atoms with E-state index in [1.807, 2.05) is 24.3 Å². The first kappa shape index (κ1) is 23.9. The molecule has 0 amide bonds. The van der Waals surface area contributed by atoms with Crippen LogP contribution in [-0.4, -0.2) is 23.1 Å². The minimum absolute atomic E-state index is 0.134. The van der Waals surface area contributed by atoms with Gasteiger partial charge in [-0.1, -0.05) is 62.3 Å². The minimum atomic E-state index is -0.737. The van der Waals surface area contributed by atoms with Crippen molar-refractivity contribution in [1.29, 1.82) is 0 Å². The third kappa shape index (κ3) is 18.2. The van der Waals surface area contributed by atoms with E-state index < -0.39 is 5.97 Å². The van der Waals surface area contributed by atoms with Crippen LogP contribution in [0.3, 0.4) is 0 Å². The number of allylic oxidation sites excluding steroid dienone is 7. The molecule has 0 aromatic rings. The molecule has 0 radical (unpaired) electrons. The molecule has 0 aromatic heterocycles. The van der Waals surface area contributed by atoms with Gasteiger partial charge in [0, 0.05) is 13.3 Å². The molecular formula is C22H34O4. The number of esters is 1. The third-order valence-corrected chi connectivity index (χ3v) is 3.62. The molecule has 0 fully saturated rings. The van der Waals surface area contributed by atoms with E-state index >= 15 is 0 Å². The quantitative estimate of drug-likeness (QED) is 0.174. The van der Waals surface area contributed by atoms with Gasteiger partial charge in [-0.05, 0) is 44.6 Å². The van der Waals surface area contributed by atoms with Gasteiger partial charge in [-0.2, -0.15) is 0 Å². The summed E-state index contributed by atoms with van der Waals surface area (Å²) in [6.45, 7) is 3.60. The highest BCUT2D eigenvalue weighted by molar-refractivity contribution is 5.66. The Bertz CT molecular complexity index is 486. The molecule has 0 aliphatic carbocycles. The molecular weight excluding hydrogens is 328 g/mol.